The van der Waals surface area contributed by atoms with Crippen LogP contribution in [0.15, 0.2) is 47.1 Å². The lowest BCUT2D eigenvalue weighted by Gasteiger charge is -2.08. The van der Waals surface area contributed by atoms with Gasteiger partial charge in [-0.1, -0.05) is 34.1 Å². The highest BCUT2D eigenvalue weighted by Crippen LogP contribution is 2.26. The molecule has 2 nitrogen and oxygen atoms in total. The normalized spacial score (nSPS) is 10.9. The number of benzene rings is 2. The Labute approximate surface area is 126 Å². The summed E-state index contributed by atoms with van der Waals surface area (Å²) in [5.41, 5.74) is 4.52. The highest BCUT2D eigenvalue weighted by molar-refractivity contribution is 9.10. The van der Waals surface area contributed by atoms with Crippen LogP contribution in [0.5, 0.6) is 0 Å². The van der Waals surface area contributed by atoms with Gasteiger partial charge >= 0.3 is 0 Å². The van der Waals surface area contributed by atoms with Crippen molar-refractivity contribution in [3.05, 3.63) is 69.3 Å². The third-order valence-corrected chi connectivity index (χ3v) is 4.09. The van der Waals surface area contributed by atoms with Crippen LogP contribution in [-0.2, 0) is 0 Å². The van der Waals surface area contributed by atoms with Crippen LogP contribution < -0.4 is 0 Å². The molecular formula is C17H14BrNO. The second kappa shape index (κ2) is 4.91. The number of carbonyl (C=O) groups is 1. The van der Waals surface area contributed by atoms with Crippen molar-refractivity contribution in [3.63, 3.8) is 0 Å². The predicted molar refractivity (Wildman–Crippen MR) is 85.3 cm³/mol. The summed E-state index contributed by atoms with van der Waals surface area (Å²) in [6.07, 6.45) is 1.80. The lowest BCUT2D eigenvalue weighted by molar-refractivity contribution is 0.103. The van der Waals surface area contributed by atoms with Crippen LogP contribution in [0.1, 0.15) is 27.0 Å². The molecular weight excluding hydrogens is 314 g/mol. The average Bonchev–Trinajstić information content (AvgIpc) is 2.81. The quantitative estimate of drug-likeness (QED) is 0.675. The van der Waals surface area contributed by atoms with Gasteiger partial charge in [-0.2, -0.15) is 0 Å². The largest absolute Gasteiger partial charge is 0.360 e. The molecule has 0 bridgehead atoms. The number of hydrogen-bond acceptors (Lipinski definition) is 1. The van der Waals surface area contributed by atoms with Gasteiger partial charge in [-0.05, 0) is 43.2 Å². The molecule has 0 saturated carbocycles. The van der Waals surface area contributed by atoms with Crippen LogP contribution in [0.3, 0.4) is 0 Å². The van der Waals surface area contributed by atoms with Gasteiger partial charge in [0.25, 0.3) is 0 Å². The number of halogens is 1. The number of aryl methyl sites for hydroxylation is 2. The topological polar surface area (TPSA) is 32.9 Å². The smallest absolute Gasteiger partial charge is 0.195 e. The molecule has 0 spiro atoms. The number of aromatic amines is 1. The third-order valence-electron chi connectivity index (χ3n) is 3.60. The second-order valence-electron chi connectivity index (χ2n) is 4.99. The van der Waals surface area contributed by atoms with Crippen molar-refractivity contribution in [2.45, 2.75) is 13.8 Å². The number of H-pyrrole nitrogens is 1. The molecule has 3 aromatic rings. The van der Waals surface area contributed by atoms with E-state index < -0.39 is 0 Å². The molecule has 1 N–H and O–H groups in total. The molecule has 0 aliphatic carbocycles. The monoisotopic (exact) mass is 327 g/mol. The fraction of sp³-hybridized carbons (Fsp3) is 0.118. The first-order chi connectivity index (χ1) is 9.58. The zero-order valence-corrected chi connectivity index (χ0v) is 12.9. The van der Waals surface area contributed by atoms with Crippen LogP contribution in [0.25, 0.3) is 10.9 Å². The summed E-state index contributed by atoms with van der Waals surface area (Å²) in [7, 11) is 0. The summed E-state index contributed by atoms with van der Waals surface area (Å²) in [4.78, 5) is 16.0. The van der Waals surface area contributed by atoms with Crippen molar-refractivity contribution in [3.8, 4) is 0 Å². The van der Waals surface area contributed by atoms with E-state index in [4.69, 9.17) is 0 Å². The zero-order valence-electron chi connectivity index (χ0n) is 11.3. The van der Waals surface area contributed by atoms with Crippen LogP contribution in [-0.4, -0.2) is 10.8 Å². The van der Waals surface area contributed by atoms with E-state index in [0.717, 1.165) is 37.6 Å². The first-order valence-corrected chi connectivity index (χ1v) is 7.25. The van der Waals surface area contributed by atoms with Gasteiger partial charge in [0.2, 0.25) is 0 Å². The number of aromatic nitrogens is 1. The highest BCUT2D eigenvalue weighted by Gasteiger charge is 2.17. The van der Waals surface area contributed by atoms with Crippen LogP contribution in [0.4, 0.5) is 0 Å². The van der Waals surface area contributed by atoms with Gasteiger partial charge < -0.3 is 4.98 Å². The van der Waals surface area contributed by atoms with Gasteiger partial charge in [0.15, 0.2) is 5.78 Å². The van der Waals surface area contributed by atoms with Gasteiger partial charge in [-0.25, -0.2) is 0 Å². The maximum absolute atomic E-state index is 12.8. The molecule has 3 heteroatoms. The molecule has 0 fully saturated rings. The summed E-state index contributed by atoms with van der Waals surface area (Å²) >= 11 is 3.46. The Morgan fingerprint density at radius 1 is 1.10 bits per heavy atom. The third kappa shape index (κ3) is 2.08. The van der Waals surface area contributed by atoms with Crippen molar-refractivity contribution in [2.75, 3.05) is 0 Å². The van der Waals surface area contributed by atoms with E-state index in [1.807, 2.05) is 50.2 Å². The number of fused-ring (bicyclic) bond motifs is 1. The van der Waals surface area contributed by atoms with E-state index in [1.54, 1.807) is 6.20 Å². The minimum absolute atomic E-state index is 0.0740. The van der Waals surface area contributed by atoms with Crippen LogP contribution >= 0.6 is 15.9 Å². The summed E-state index contributed by atoms with van der Waals surface area (Å²) < 4.78 is 0.972. The van der Waals surface area contributed by atoms with Crippen molar-refractivity contribution in [2.24, 2.45) is 0 Å². The number of rotatable bonds is 2. The Morgan fingerprint density at radius 3 is 2.50 bits per heavy atom. The summed E-state index contributed by atoms with van der Waals surface area (Å²) in [6, 6.07) is 11.9. The standard InChI is InChI=1S/C17H14BrNO/c1-10-4-3-5-11(2)16(10)17(20)14-9-19-15-7-6-12(18)8-13(14)15/h3-9,19H,1-2H3. The fourth-order valence-electron chi connectivity index (χ4n) is 2.59. The van der Waals surface area contributed by atoms with Crippen LogP contribution in [0, 0.1) is 13.8 Å². The number of ketones is 1. The Morgan fingerprint density at radius 2 is 1.80 bits per heavy atom. The summed E-state index contributed by atoms with van der Waals surface area (Å²) in [6.45, 7) is 3.95. The van der Waals surface area contributed by atoms with Gasteiger partial charge in [-0.3, -0.25) is 4.79 Å². The van der Waals surface area contributed by atoms with Crippen molar-refractivity contribution >= 4 is 32.6 Å². The van der Waals surface area contributed by atoms with Gasteiger partial charge in [0, 0.05) is 32.7 Å². The lowest BCUT2D eigenvalue weighted by Crippen LogP contribution is -2.05. The molecule has 0 unspecified atom stereocenters. The second-order valence-corrected chi connectivity index (χ2v) is 5.90. The molecule has 1 heterocycles. The molecule has 0 aliphatic heterocycles. The van der Waals surface area contributed by atoms with Crippen molar-refractivity contribution in [1.82, 2.24) is 4.98 Å². The van der Waals surface area contributed by atoms with Gasteiger partial charge in [0.05, 0.1) is 0 Å². The molecule has 2 aromatic carbocycles. The van der Waals surface area contributed by atoms with Gasteiger partial charge in [-0.15, -0.1) is 0 Å². The minimum atomic E-state index is 0.0740. The Bertz CT molecular complexity index is 797. The minimum Gasteiger partial charge on any atom is -0.360 e. The number of nitrogens with one attached hydrogen (secondary N) is 1. The maximum Gasteiger partial charge on any atom is 0.195 e. The lowest BCUT2D eigenvalue weighted by atomic mass is 9.95. The number of hydrogen-bond donors (Lipinski definition) is 1. The Hall–Kier alpha value is -1.87. The SMILES string of the molecule is Cc1cccc(C)c1C(=O)c1c[nH]c2ccc(Br)cc12. The molecule has 0 saturated heterocycles. The van der Waals surface area contributed by atoms with E-state index in [9.17, 15) is 4.79 Å². The van der Waals surface area contributed by atoms with E-state index in [2.05, 4.69) is 20.9 Å². The zero-order chi connectivity index (χ0) is 14.3. The molecule has 20 heavy (non-hydrogen) atoms. The van der Waals surface area contributed by atoms with Crippen molar-refractivity contribution < 1.29 is 4.79 Å². The van der Waals surface area contributed by atoms with Crippen molar-refractivity contribution in [1.29, 1.82) is 0 Å². The predicted octanol–water partition coefficient (Wildman–Crippen LogP) is 4.78. The first-order valence-electron chi connectivity index (χ1n) is 6.45. The van der Waals surface area contributed by atoms with E-state index in [1.165, 1.54) is 0 Å². The fourth-order valence-corrected chi connectivity index (χ4v) is 2.95. The molecule has 0 aliphatic rings. The maximum atomic E-state index is 12.8. The molecule has 0 amide bonds. The van der Waals surface area contributed by atoms with Gasteiger partial charge in [0.1, 0.15) is 0 Å². The summed E-state index contributed by atoms with van der Waals surface area (Å²) in [5.74, 6) is 0.0740. The van der Waals surface area contributed by atoms with E-state index in [-0.39, 0.29) is 5.78 Å². The molecule has 0 atom stereocenters. The van der Waals surface area contributed by atoms with E-state index >= 15 is 0 Å². The molecule has 3 rings (SSSR count). The molecule has 1 aromatic heterocycles. The van der Waals surface area contributed by atoms with Crippen LogP contribution in [0.2, 0.25) is 0 Å². The summed E-state index contributed by atoms with van der Waals surface area (Å²) in [5, 5.41) is 0.951. The highest BCUT2D eigenvalue weighted by atomic mass is 79.9. The average molecular weight is 328 g/mol. The Balaban J connectivity index is 2.21. The molecule has 0 radical (unpaired) electrons. The molecule has 100 valence electrons. The first kappa shape index (κ1) is 13.1. The number of carbonyl (C=O) groups excluding carboxylic acids is 1. The van der Waals surface area contributed by atoms with E-state index in [0.29, 0.717) is 0 Å². The Kier molecular flexibility index (Phi) is 3.22.